The van der Waals surface area contributed by atoms with Gasteiger partial charge in [0.2, 0.25) is 0 Å². The number of nitrogens with one attached hydrogen (secondary N) is 2. The predicted octanol–water partition coefficient (Wildman–Crippen LogP) is 2.46. The third-order valence-electron chi connectivity index (χ3n) is 2.36. The maximum atomic E-state index is 13.6. The Hall–Kier alpha value is -0.450. The predicted molar refractivity (Wildman–Crippen MR) is 64.4 cm³/mol. The first kappa shape index (κ1) is 12.6. The molecule has 0 fully saturated rings. The molecule has 0 aliphatic carbocycles. The molecule has 15 heavy (non-hydrogen) atoms. The lowest BCUT2D eigenvalue weighted by molar-refractivity contribution is 0.499. The molecule has 1 unspecified atom stereocenters. The standard InChI is InChI=1S/C11H16BrFN2/c1-14-6-5-11(15-2)9-7-8(12)3-4-10(9)13/h3-4,7,11,14-15H,5-6H2,1-2H3. The van der Waals surface area contributed by atoms with Gasteiger partial charge in [-0.15, -0.1) is 0 Å². The monoisotopic (exact) mass is 274 g/mol. The summed E-state index contributed by atoms with van der Waals surface area (Å²) in [6, 6.07) is 5.08. The topological polar surface area (TPSA) is 24.1 Å². The molecule has 4 heteroatoms. The lowest BCUT2D eigenvalue weighted by atomic mass is 10.0. The summed E-state index contributed by atoms with van der Waals surface area (Å²) in [7, 11) is 3.74. The Labute approximate surface area is 98.4 Å². The highest BCUT2D eigenvalue weighted by Crippen LogP contribution is 2.23. The minimum absolute atomic E-state index is 0.0509. The Morgan fingerprint density at radius 2 is 2.13 bits per heavy atom. The molecule has 84 valence electrons. The van der Waals surface area contributed by atoms with Gasteiger partial charge in [-0.05, 0) is 45.3 Å². The Bertz CT molecular complexity index is 317. The van der Waals surface area contributed by atoms with Crippen LogP contribution in [-0.2, 0) is 0 Å². The van der Waals surface area contributed by atoms with Crippen LogP contribution in [0.5, 0.6) is 0 Å². The van der Waals surface area contributed by atoms with E-state index in [9.17, 15) is 4.39 Å². The number of hydrogen-bond donors (Lipinski definition) is 2. The molecule has 2 N–H and O–H groups in total. The molecular weight excluding hydrogens is 259 g/mol. The second kappa shape index (κ2) is 6.20. The molecule has 1 rings (SSSR count). The maximum Gasteiger partial charge on any atom is 0.128 e. The van der Waals surface area contributed by atoms with Gasteiger partial charge in [0.1, 0.15) is 5.82 Å². The van der Waals surface area contributed by atoms with Gasteiger partial charge in [0.15, 0.2) is 0 Å². The number of halogens is 2. The third-order valence-corrected chi connectivity index (χ3v) is 2.86. The Kier molecular flexibility index (Phi) is 5.22. The molecule has 2 nitrogen and oxygen atoms in total. The van der Waals surface area contributed by atoms with Gasteiger partial charge in [-0.2, -0.15) is 0 Å². The van der Waals surface area contributed by atoms with Crippen LogP contribution in [-0.4, -0.2) is 20.6 Å². The molecule has 0 aliphatic rings. The highest BCUT2D eigenvalue weighted by molar-refractivity contribution is 9.10. The first-order valence-electron chi connectivity index (χ1n) is 4.96. The van der Waals surface area contributed by atoms with E-state index in [0.29, 0.717) is 5.56 Å². The lowest BCUT2D eigenvalue weighted by Crippen LogP contribution is -2.22. The van der Waals surface area contributed by atoms with Gasteiger partial charge in [-0.25, -0.2) is 4.39 Å². The molecule has 1 aromatic carbocycles. The van der Waals surface area contributed by atoms with Crippen LogP contribution in [0, 0.1) is 5.82 Å². The van der Waals surface area contributed by atoms with Crippen molar-refractivity contribution in [3.05, 3.63) is 34.1 Å². The highest BCUT2D eigenvalue weighted by Gasteiger charge is 2.13. The van der Waals surface area contributed by atoms with Crippen molar-refractivity contribution in [2.24, 2.45) is 0 Å². The second-order valence-corrected chi connectivity index (χ2v) is 4.31. The van der Waals surface area contributed by atoms with Crippen LogP contribution in [0.3, 0.4) is 0 Å². The number of benzene rings is 1. The second-order valence-electron chi connectivity index (χ2n) is 3.40. The summed E-state index contributed by atoms with van der Waals surface area (Å²) in [5, 5.41) is 6.18. The van der Waals surface area contributed by atoms with E-state index in [2.05, 4.69) is 26.6 Å². The van der Waals surface area contributed by atoms with Gasteiger partial charge >= 0.3 is 0 Å². The maximum absolute atomic E-state index is 13.6. The van der Waals surface area contributed by atoms with Gasteiger partial charge < -0.3 is 10.6 Å². The van der Waals surface area contributed by atoms with Crippen molar-refractivity contribution in [1.82, 2.24) is 10.6 Å². The van der Waals surface area contributed by atoms with Crippen molar-refractivity contribution in [2.75, 3.05) is 20.6 Å². The zero-order valence-corrected chi connectivity index (χ0v) is 10.6. The molecule has 0 saturated heterocycles. The fourth-order valence-corrected chi connectivity index (χ4v) is 1.90. The molecule has 0 heterocycles. The summed E-state index contributed by atoms with van der Waals surface area (Å²) in [5.41, 5.74) is 0.710. The van der Waals surface area contributed by atoms with Crippen molar-refractivity contribution >= 4 is 15.9 Å². The van der Waals surface area contributed by atoms with Gasteiger partial charge in [-0.3, -0.25) is 0 Å². The van der Waals surface area contributed by atoms with E-state index in [-0.39, 0.29) is 11.9 Å². The molecule has 0 aliphatic heterocycles. The molecule has 0 saturated carbocycles. The molecule has 0 spiro atoms. The fraction of sp³-hybridized carbons (Fsp3) is 0.455. The zero-order chi connectivity index (χ0) is 11.3. The molecule has 0 amide bonds. The van der Waals surface area contributed by atoms with E-state index in [4.69, 9.17) is 0 Å². The van der Waals surface area contributed by atoms with Crippen LogP contribution in [0.4, 0.5) is 4.39 Å². The average Bonchev–Trinajstić information content (AvgIpc) is 2.24. The molecule has 0 radical (unpaired) electrons. The quantitative estimate of drug-likeness (QED) is 0.862. The first-order chi connectivity index (χ1) is 7.19. The molecular formula is C11H16BrFN2. The van der Waals surface area contributed by atoms with Crippen molar-refractivity contribution in [1.29, 1.82) is 0 Å². The Morgan fingerprint density at radius 1 is 1.40 bits per heavy atom. The van der Waals surface area contributed by atoms with Gasteiger partial charge in [0.05, 0.1) is 0 Å². The summed E-state index contributed by atoms with van der Waals surface area (Å²) in [6.45, 7) is 0.859. The van der Waals surface area contributed by atoms with Crippen LogP contribution in [0.25, 0.3) is 0 Å². The van der Waals surface area contributed by atoms with E-state index >= 15 is 0 Å². The van der Waals surface area contributed by atoms with Crippen molar-refractivity contribution in [3.8, 4) is 0 Å². The molecule has 0 bridgehead atoms. The number of rotatable bonds is 5. The normalized spacial score (nSPS) is 12.8. The smallest absolute Gasteiger partial charge is 0.128 e. The minimum Gasteiger partial charge on any atom is -0.320 e. The van der Waals surface area contributed by atoms with Crippen LogP contribution in [0.1, 0.15) is 18.0 Å². The van der Waals surface area contributed by atoms with Gasteiger partial charge in [-0.1, -0.05) is 15.9 Å². The highest BCUT2D eigenvalue weighted by atomic mass is 79.9. The van der Waals surface area contributed by atoms with Gasteiger partial charge in [0, 0.05) is 16.1 Å². The molecule has 1 atom stereocenters. The summed E-state index contributed by atoms with van der Waals surface area (Å²) in [5.74, 6) is -0.159. The van der Waals surface area contributed by atoms with Crippen LogP contribution in [0.2, 0.25) is 0 Å². The van der Waals surface area contributed by atoms with E-state index in [0.717, 1.165) is 17.4 Å². The van der Waals surface area contributed by atoms with Gasteiger partial charge in [0.25, 0.3) is 0 Å². The van der Waals surface area contributed by atoms with Crippen molar-refractivity contribution in [2.45, 2.75) is 12.5 Å². The fourth-order valence-electron chi connectivity index (χ4n) is 1.53. The summed E-state index contributed by atoms with van der Waals surface area (Å²) >= 11 is 3.35. The lowest BCUT2D eigenvalue weighted by Gasteiger charge is -2.17. The van der Waals surface area contributed by atoms with Crippen LogP contribution >= 0.6 is 15.9 Å². The summed E-state index contributed by atoms with van der Waals surface area (Å²) < 4.78 is 14.5. The summed E-state index contributed by atoms with van der Waals surface area (Å²) in [6.07, 6.45) is 0.861. The third kappa shape index (κ3) is 3.55. The van der Waals surface area contributed by atoms with E-state index in [1.54, 1.807) is 6.07 Å². The Morgan fingerprint density at radius 3 is 2.73 bits per heavy atom. The van der Waals surface area contributed by atoms with E-state index < -0.39 is 0 Å². The first-order valence-corrected chi connectivity index (χ1v) is 5.75. The molecule has 0 aromatic heterocycles. The van der Waals surface area contributed by atoms with Crippen molar-refractivity contribution in [3.63, 3.8) is 0 Å². The summed E-state index contributed by atoms with van der Waals surface area (Å²) in [4.78, 5) is 0. The van der Waals surface area contributed by atoms with Crippen LogP contribution < -0.4 is 10.6 Å². The van der Waals surface area contributed by atoms with E-state index in [1.165, 1.54) is 6.07 Å². The number of hydrogen-bond acceptors (Lipinski definition) is 2. The van der Waals surface area contributed by atoms with Crippen molar-refractivity contribution < 1.29 is 4.39 Å². The largest absolute Gasteiger partial charge is 0.320 e. The van der Waals surface area contributed by atoms with E-state index in [1.807, 2.05) is 20.2 Å². The minimum atomic E-state index is -0.159. The zero-order valence-electron chi connectivity index (χ0n) is 8.98. The molecule has 1 aromatic rings. The Balaban J connectivity index is 2.85. The SMILES string of the molecule is CNCCC(NC)c1cc(Br)ccc1F. The average molecular weight is 275 g/mol. The van der Waals surface area contributed by atoms with Crippen LogP contribution in [0.15, 0.2) is 22.7 Å².